The summed E-state index contributed by atoms with van der Waals surface area (Å²) in [5.41, 5.74) is 1.66. The minimum absolute atomic E-state index is 0.0764. The van der Waals surface area contributed by atoms with Crippen molar-refractivity contribution in [1.82, 2.24) is 9.78 Å². The fourth-order valence-electron chi connectivity index (χ4n) is 4.76. The van der Waals surface area contributed by atoms with Crippen LogP contribution in [-0.2, 0) is 26.7 Å². The van der Waals surface area contributed by atoms with Gasteiger partial charge in [-0.05, 0) is 54.2 Å². The maximum absolute atomic E-state index is 15.4. The van der Waals surface area contributed by atoms with Gasteiger partial charge in [0.25, 0.3) is 0 Å². The number of ether oxygens (including phenoxy) is 2. The van der Waals surface area contributed by atoms with Gasteiger partial charge in [-0.15, -0.1) is 0 Å². The molecule has 0 spiro atoms. The van der Waals surface area contributed by atoms with Crippen LogP contribution in [0.15, 0.2) is 72.9 Å². The average molecular weight is 532 g/mol. The highest BCUT2D eigenvalue weighted by Crippen LogP contribution is 2.49. The van der Waals surface area contributed by atoms with E-state index in [0.717, 1.165) is 11.1 Å². The van der Waals surface area contributed by atoms with Crippen LogP contribution in [0.5, 0.6) is 0 Å². The third-order valence-corrected chi connectivity index (χ3v) is 7.12. The van der Waals surface area contributed by atoms with Crippen molar-refractivity contribution in [2.45, 2.75) is 31.3 Å². The van der Waals surface area contributed by atoms with Crippen molar-refractivity contribution in [3.63, 3.8) is 0 Å². The SMILES string of the molecule is COC(=O)C1(c2ccc(-c3cc(F)c(-c4cnn(C)c4NC(=O)OC(C)c4ccccc4)c(F)c3)cc2)CC1. The minimum atomic E-state index is -0.815. The summed E-state index contributed by atoms with van der Waals surface area (Å²) < 4.78 is 42.5. The molecule has 1 unspecified atom stereocenters. The van der Waals surface area contributed by atoms with Crippen molar-refractivity contribution in [2.24, 2.45) is 7.05 Å². The summed E-state index contributed by atoms with van der Waals surface area (Å²) >= 11 is 0. The average Bonchev–Trinajstić information content (AvgIpc) is 3.68. The standard InChI is InChI=1S/C30H27F2N3O4/c1-18(19-7-5-4-6-8-19)39-29(37)34-27-23(17-33-35(27)2)26-24(31)15-21(16-25(26)32)20-9-11-22(12-10-20)30(13-14-30)28(36)38-3/h4-12,15-18H,13-14H2,1-3H3,(H,34,37). The minimum Gasteiger partial charge on any atom is -0.468 e. The number of carbonyl (C=O) groups excluding carboxylic acids is 2. The van der Waals surface area contributed by atoms with Crippen LogP contribution in [0, 0.1) is 11.6 Å². The molecule has 1 atom stereocenters. The van der Waals surface area contributed by atoms with Crippen LogP contribution in [0.3, 0.4) is 0 Å². The van der Waals surface area contributed by atoms with Gasteiger partial charge in [-0.1, -0.05) is 54.6 Å². The van der Waals surface area contributed by atoms with Gasteiger partial charge in [0.2, 0.25) is 0 Å². The molecule has 1 saturated carbocycles. The van der Waals surface area contributed by atoms with E-state index in [-0.39, 0.29) is 22.9 Å². The molecule has 1 aliphatic carbocycles. The van der Waals surface area contributed by atoms with Crippen LogP contribution >= 0.6 is 0 Å². The number of halogens is 2. The van der Waals surface area contributed by atoms with Gasteiger partial charge in [-0.3, -0.25) is 14.8 Å². The molecule has 0 aliphatic heterocycles. The number of carbonyl (C=O) groups is 2. The summed E-state index contributed by atoms with van der Waals surface area (Å²) in [7, 11) is 2.91. The summed E-state index contributed by atoms with van der Waals surface area (Å²) in [4.78, 5) is 24.8. The van der Waals surface area contributed by atoms with E-state index in [2.05, 4.69) is 10.4 Å². The van der Waals surface area contributed by atoms with Crippen molar-refractivity contribution in [3.8, 4) is 22.3 Å². The highest BCUT2D eigenvalue weighted by atomic mass is 19.1. The number of rotatable bonds is 7. The Hall–Kier alpha value is -4.53. The van der Waals surface area contributed by atoms with Gasteiger partial charge in [0, 0.05) is 7.05 Å². The van der Waals surface area contributed by atoms with Gasteiger partial charge in [0.1, 0.15) is 23.6 Å². The van der Waals surface area contributed by atoms with Crippen LogP contribution in [0.25, 0.3) is 22.3 Å². The first-order valence-electron chi connectivity index (χ1n) is 12.5. The highest BCUT2D eigenvalue weighted by molar-refractivity contribution is 5.90. The van der Waals surface area contributed by atoms with E-state index in [4.69, 9.17) is 9.47 Å². The van der Waals surface area contributed by atoms with Crippen LogP contribution in [0.1, 0.15) is 37.0 Å². The number of esters is 1. The summed E-state index contributed by atoms with van der Waals surface area (Å²) in [5, 5.41) is 6.65. The Kier molecular flexibility index (Phi) is 6.91. The predicted octanol–water partition coefficient (Wildman–Crippen LogP) is 6.55. The van der Waals surface area contributed by atoms with Crippen molar-refractivity contribution in [3.05, 3.63) is 95.7 Å². The second-order valence-corrected chi connectivity index (χ2v) is 9.58. The number of aryl methyl sites for hydroxylation is 1. The zero-order valence-electron chi connectivity index (χ0n) is 21.7. The molecule has 0 radical (unpaired) electrons. The molecule has 7 nitrogen and oxygen atoms in total. The van der Waals surface area contributed by atoms with Crippen molar-refractivity contribution in [1.29, 1.82) is 0 Å². The van der Waals surface area contributed by atoms with E-state index < -0.39 is 29.2 Å². The zero-order chi connectivity index (χ0) is 27.7. The lowest BCUT2D eigenvalue weighted by Crippen LogP contribution is -2.21. The van der Waals surface area contributed by atoms with E-state index in [1.807, 2.05) is 30.3 Å². The van der Waals surface area contributed by atoms with Gasteiger partial charge < -0.3 is 9.47 Å². The summed E-state index contributed by atoms with van der Waals surface area (Å²) in [6.45, 7) is 1.73. The third-order valence-electron chi connectivity index (χ3n) is 7.12. The van der Waals surface area contributed by atoms with E-state index in [9.17, 15) is 9.59 Å². The summed E-state index contributed by atoms with van der Waals surface area (Å²) in [5.74, 6) is -1.82. The first-order chi connectivity index (χ1) is 18.7. The smallest absolute Gasteiger partial charge is 0.413 e. The number of nitrogens with zero attached hydrogens (tertiary/aromatic N) is 2. The number of nitrogens with one attached hydrogen (secondary N) is 1. The summed E-state index contributed by atoms with van der Waals surface area (Å²) in [6.07, 6.45) is 1.38. The van der Waals surface area contributed by atoms with Gasteiger partial charge in [0.15, 0.2) is 0 Å². The number of amides is 1. The Morgan fingerprint density at radius 2 is 1.64 bits per heavy atom. The van der Waals surface area contributed by atoms with Crippen molar-refractivity contribution in [2.75, 3.05) is 12.4 Å². The molecule has 1 N–H and O–H groups in total. The predicted molar refractivity (Wildman–Crippen MR) is 142 cm³/mol. The molecule has 1 amide bonds. The van der Waals surface area contributed by atoms with Gasteiger partial charge in [-0.2, -0.15) is 5.10 Å². The lowest BCUT2D eigenvalue weighted by atomic mass is 9.93. The Labute approximate surface area is 224 Å². The molecule has 9 heteroatoms. The van der Waals surface area contributed by atoms with Crippen molar-refractivity contribution < 1.29 is 27.8 Å². The maximum atomic E-state index is 15.4. The second-order valence-electron chi connectivity index (χ2n) is 9.58. The molecule has 3 aromatic carbocycles. The Bertz CT molecular complexity index is 1510. The quantitative estimate of drug-likeness (QED) is 0.274. The number of anilines is 1. The van der Waals surface area contributed by atoms with Gasteiger partial charge in [0.05, 0.1) is 29.8 Å². The van der Waals surface area contributed by atoms with Gasteiger partial charge >= 0.3 is 12.1 Å². The lowest BCUT2D eigenvalue weighted by Gasteiger charge is -2.16. The number of hydrogen-bond donors (Lipinski definition) is 1. The number of hydrogen-bond acceptors (Lipinski definition) is 5. The molecule has 1 aromatic heterocycles. The number of aromatic nitrogens is 2. The fourth-order valence-corrected chi connectivity index (χ4v) is 4.76. The number of benzene rings is 3. The van der Waals surface area contributed by atoms with E-state index in [1.165, 1.54) is 30.1 Å². The molecule has 1 fully saturated rings. The zero-order valence-corrected chi connectivity index (χ0v) is 21.7. The van der Waals surface area contributed by atoms with Crippen LogP contribution in [0.4, 0.5) is 19.4 Å². The molecule has 0 bridgehead atoms. The normalized spacial score (nSPS) is 14.4. The molecule has 5 rings (SSSR count). The molecular weight excluding hydrogens is 504 g/mol. The Morgan fingerprint density at radius 3 is 2.23 bits per heavy atom. The Balaban J connectivity index is 1.38. The second kappa shape index (κ2) is 10.3. The van der Waals surface area contributed by atoms with E-state index >= 15 is 8.78 Å². The molecule has 1 heterocycles. The largest absolute Gasteiger partial charge is 0.468 e. The van der Waals surface area contributed by atoms with Crippen LogP contribution in [-0.4, -0.2) is 29.0 Å². The molecule has 4 aromatic rings. The lowest BCUT2D eigenvalue weighted by molar-refractivity contribution is -0.143. The first kappa shape index (κ1) is 26.1. The van der Waals surface area contributed by atoms with Gasteiger partial charge in [-0.25, -0.2) is 13.6 Å². The van der Waals surface area contributed by atoms with E-state index in [1.54, 1.807) is 38.2 Å². The Morgan fingerprint density at radius 1 is 1.00 bits per heavy atom. The topological polar surface area (TPSA) is 82.5 Å². The van der Waals surface area contributed by atoms with Crippen LogP contribution in [0.2, 0.25) is 0 Å². The van der Waals surface area contributed by atoms with Crippen LogP contribution < -0.4 is 5.32 Å². The molecule has 200 valence electrons. The monoisotopic (exact) mass is 531 g/mol. The third kappa shape index (κ3) is 4.99. The van der Waals surface area contributed by atoms with Crippen molar-refractivity contribution >= 4 is 17.9 Å². The van der Waals surface area contributed by atoms with E-state index in [0.29, 0.717) is 24.0 Å². The summed E-state index contributed by atoms with van der Waals surface area (Å²) in [6, 6.07) is 18.7. The fraction of sp³-hybridized carbons (Fsp3) is 0.233. The molecular formula is C30H27F2N3O4. The highest BCUT2D eigenvalue weighted by Gasteiger charge is 2.52. The number of methoxy groups -OCH3 is 1. The molecule has 1 aliphatic rings. The maximum Gasteiger partial charge on any atom is 0.413 e. The first-order valence-corrected chi connectivity index (χ1v) is 12.5. The molecule has 0 saturated heterocycles. The molecule has 39 heavy (non-hydrogen) atoms.